The van der Waals surface area contributed by atoms with E-state index in [9.17, 15) is 4.79 Å². The molecule has 0 unspecified atom stereocenters. The van der Waals surface area contributed by atoms with Gasteiger partial charge in [0.2, 0.25) is 0 Å². The zero-order valence-electron chi connectivity index (χ0n) is 14.4. The highest BCUT2D eigenvalue weighted by atomic mass is 16.5. The molecule has 0 fully saturated rings. The number of hydrogen-bond acceptors (Lipinski definition) is 2. The lowest BCUT2D eigenvalue weighted by Crippen LogP contribution is -2.00. The Kier molecular flexibility index (Phi) is 5.10. The molecule has 2 nitrogen and oxygen atoms in total. The number of rotatable bonds is 5. The summed E-state index contributed by atoms with van der Waals surface area (Å²) in [4.78, 5) is 12.1. The average Bonchev–Trinajstić information content (AvgIpc) is 2.67. The third-order valence-corrected chi connectivity index (χ3v) is 4.11. The number of hydrogen-bond donors (Lipinski definition) is 0. The highest BCUT2D eigenvalue weighted by Crippen LogP contribution is 2.29. The van der Waals surface area contributed by atoms with Crippen molar-refractivity contribution in [3.8, 4) is 5.75 Å². The molecule has 0 N–H and O–H groups in total. The molecule has 0 aliphatic rings. The second-order valence-electron chi connectivity index (χ2n) is 5.80. The number of ketones is 1. The summed E-state index contributed by atoms with van der Waals surface area (Å²) in [6.45, 7) is 1.61. The Morgan fingerprint density at radius 1 is 0.800 bits per heavy atom. The summed E-state index contributed by atoms with van der Waals surface area (Å²) in [5.41, 5.74) is 4.82. The molecule has 124 valence electrons. The lowest BCUT2D eigenvalue weighted by atomic mass is 9.91. The number of ether oxygens (including phenoxy) is 1. The van der Waals surface area contributed by atoms with Gasteiger partial charge in [0.15, 0.2) is 5.78 Å². The summed E-state index contributed by atoms with van der Waals surface area (Å²) < 4.78 is 5.23. The predicted octanol–water partition coefficient (Wildman–Crippen LogP) is 5.49. The Morgan fingerprint density at radius 2 is 1.40 bits per heavy atom. The fourth-order valence-corrected chi connectivity index (χ4v) is 2.83. The van der Waals surface area contributed by atoms with Crippen LogP contribution in [0.3, 0.4) is 0 Å². The van der Waals surface area contributed by atoms with Crippen LogP contribution < -0.4 is 4.74 Å². The monoisotopic (exact) mass is 328 g/mol. The first-order valence-electron chi connectivity index (χ1n) is 8.20. The van der Waals surface area contributed by atoms with Crippen LogP contribution in [0, 0.1) is 0 Å². The molecule has 0 radical (unpaired) electrons. The van der Waals surface area contributed by atoms with Crippen molar-refractivity contribution < 1.29 is 9.53 Å². The Balaban J connectivity index is 2.17. The minimum atomic E-state index is 0.0622. The molecule has 0 aliphatic heterocycles. The van der Waals surface area contributed by atoms with E-state index >= 15 is 0 Å². The highest BCUT2D eigenvalue weighted by molar-refractivity contribution is 6.03. The maximum atomic E-state index is 12.1. The van der Waals surface area contributed by atoms with Crippen LogP contribution in [0.25, 0.3) is 11.6 Å². The third kappa shape index (κ3) is 3.86. The van der Waals surface area contributed by atoms with E-state index in [0.29, 0.717) is 0 Å². The van der Waals surface area contributed by atoms with Gasteiger partial charge in [-0.15, -0.1) is 0 Å². The van der Waals surface area contributed by atoms with Gasteiger partial charge in [-0.25, -0.2) is 0 Å². The van der Waals surface area contributed by atoms with E-state index in [-0.39, 0.29) is 5.78 Å². The van der Waals surface area contributed by atoms with Crippen molar-refractivity contribution in [2.75, 3.05) is 7.11 Å². The quantitative estimate of drug-likeness (QED) is 0.457. The van der Waals surface area contributed by atoms with Crippen LogP contribution in [0.4, 0.5) is 0 Å². The molecule has 0 aliphatic carbocycles. The molecule has 0 saturated heterocycles. The second kappa shape index (κ2) is 7.63. The third-order valence-electron chi connectivity index (χ3n) is 4.11. The summed E-state index contributed by atoms with van der Waals surface area (Å²) in [6.07, 6.45) is 2.11. The van der Waals surface area contributed by atoms with Gasteiger partial charge >= 0.3 is 0 Å². The van der Waals surface area contributed by atoms with Gasteiger partial charge < -0.3 is 4.74 Å². The van der Waals surface area contributed by atoms with Crippen LogP contribution >= 0.6 is 0 Å². The van der Waals surface area contributed by atoms with Crippen molar-refractivity contribution >= 4 is 17.4 Å². The molecule has 3 aromatic rings. The lowest BCUT2D eigenvalue weighted by Gasteiger charge is -2.13. The Labute approximate surface area is 148 Å². The maximum absolute atomic E-state index is 12.1. The molecular formula is C23H20O2. The topological polar surface area (TPSA) is 26.3 Å². The Hall–Kier alpha value is -3.13. The highest BCUT2D eigenvalue weighted by Gasteiger charge is 2.12. The number of carbonyl (C=O) groups is 1. The molecule has 2 heteroatoms. The molecule has 0 bridgehead atoms. The molecule has 3 rings (SSSR count). The van der Waals surface area contributed by atoms with Gasteiger partial charge in [-0.1, -0.05) is 66.7 Å². The predicted molar refractivity (Wildman–Crippen MR) is 103 cm³/mol. The fourth-order valence-electron chi connectivity index (χ4n) is 2.83. The lowest BCUT2D eigenvalue weighted by molar-refractivity contribution is 0.101. The largest absolute Gasteiger partial charge is 0.497 e. The minimum Gasteiger partial charge on any atom is -0.497 e. The van der Waals surface area contributed by atoms with Gasteiger partial charge in [-0.05, 0) is 47.4 Å². The normalized spacial score (nSPS) is 11.2. The van der Waals surface area contributed by atoms with Gasteiger partial charge in [-0.3, -0.25) is 4.79 Å². The van der Waals surface area contributed by atoms with Crippen LogP contribution in [0.5, 0.6) is 5.75 Å². The van der Waals surface area contributed by atoms with Gasteiger partial charge in [0.1, 0.15) is 5.75 Å². The molecule has 3 aromatic carbocycles. The van der Waals surface area contributed by atoms with Crippen LogP contribution in [0.1, 0.15) is 34.0 Å². The first-order chi connectivity index (χ1) is 12.2. The first-order valence-corrected chi connectivity index (χ1v) is 8.20. The van der Waals surface area contributed by atoms with Gasteiger partial charge in [0, 0.05) is 5.56 Å². The van der Waals surface area contributed by atoms with Crippen LogP contribution in [-0.2, 0) is 0 Å². The van der Waals surface area contributed by atoms with Crippen LogP contribution in [0.15, 0.2) is 78.9 Å². The number of carbonyl (C=O) groups excluding carboxylic acids is 1. The van der Waals surface area contributed by atoms with Crippen molar-refractivity contribution in [3.63, 3.8) is 0 Å². The summed E-state index contributed by atoms with van der Waals surface area (Å²) in [6, 6.07) is 25.8. The summed E-state index contributed by atoms with van der Waals surface area (Å²) in [5.74, 6) is 0.884. The standard InChI is InChI=1S/C23H20O2/c1-17(24)21-10-6-7-11-22(21)23(19-8-4-3-5-9-19)16-18-12-14-20(25-2)15-13-18/h3-16H,1-2H3. The zero-order chi connectivity index (χ0) is 17.6. The summed E-state index contributed by atoms with van der Waals surface area (Å²) in [7, 11) is 1.66. The van der Waals surface area contributed by atoms with E-state index in [1.54, 1.807) is 14.0 Å². The van der Waals surface area contributed by atoms with E-state index < -0.39 is 0 Å². The number of Topliss-reactive ketones (excluding diaryl/α,β-unsaturated/α-hetero) is 1. The smallest absolute Gasteiger partial charge is 0.160 e. The molecule has 0 aromatic heterocycles. The van der Waals surface area contributed by atoms with Gasteiger partial charge in [-0.2, -0.15) is 0 Å². The van der Waals surface area contributed by atoms with Crippen LogP contribution in [0.2, 0.25) is 0 Å². The first kappa shape index (κ1) is 16.7. The van der Waals surface area contributed by atoms with Crippen molar-refractivity contribution in [2.45, 2.75) is 6.92 Å². The van der Waals surface area contributed by atoms with Crippen molar-refractivity contribution in [3.05, 3.63) is 101 Å². The Morgan fingerprint density at radius 3 is 2.00 bits per heavy atom. The zero-order valence-corrected chi connectivity index (χ0v) is 14.4. The maximum Gasteiger partial charge on any atom is 0.160 e. The number of methoxy groups -OCH3 is 1. The van der Waals surface area contributed by atoms with Crippen molar-refractivity contribution in [1.82, 2.24) is 0 Å². The van der Waals surface area contributed by atoms with Crippen molar-refractivity contribution in [1.29, 1.82) is 0 Å². The second-order valence-corrected chi connectivity index (χ2v) is 5.80. The molecule has 0 heterocycles. The van der Waals surface area contributed by atoms with Gasteiger partial charge in [0.05, 0.1) is 7.11 Å². The Bertz CT molecular complexity index is 891. The fraction of sp³-hybridized carbons (Fsp3) is 0.0870. The molecule has 25 heavy (non-hydrogen) atoms. The molecule has 0 amide bonds. The van der Waals surface area contributed by atoms with E-state index in [4.69, 9.17) is 4.74 Å². The molecule has 0 spiro atoms. The summed E-state index contributed by atoms with van der Waals surface area (Å²) in [5, 5.41) is 0. The van der Waals surface area contributed by atoms with E-state index in [2.05, 4.69) is 18.2 Å². The number of benzene rings is 3. The summed E-state index contributed by atoms with van der Waals surface area (Å²) >= 11 is 0. The average molecular weight is 328 g/mol. The molecular weight excluding hydrogens is 308 g/mol. The minimum absolute atomic E-state index is 0.0622. The molecule has 0 atom stereocenters. The van der Waals surface area contributed by atoms with Crippen LogP contribution in [-0.4, -0.2) is 12.9 Å². The molecule has 0 saturated carbocycles. The van der Waals surface area contributed by atoms with E-state index in [0.717, 1.165) is 33.6 Å². The van der Waals surface area contributed by atoms with Gasteiger partial charge in [0.25, 0.3) is 0 Å². The van der Waals surface area contributed by atoms with Crippen molar-refractivity contribution in [2.24, 2.45) is 0 Å². The van der Waals surface area contributed by atoms with E-state index in [1.165, 1.54) is 0 Å². The van der Waals surface area contributed by atoms with E-state index in [1.807, 2.05) is 66.7 Å². The SMILES string of the molecule is COc1ccc(C=C(c2ccccc2)c2ccccc2C(C)=O)cc1.